The van der Waals surface area contributed by atoms with Gasteiger partial charge in [-0.3, -0.25) is 4.79 Å². The number of aromatic nitrogens is 2. The smallest absolute Gasteiger partial charge is 0.326 e. The normalized spacial score (nSPS) is 11.9. The van der Waals surface area contributed by atoms with Crippen molar-refractivity contribution in [3.05, 3.63) is 108 Å². The largest absolute Gasteiger partial charge is 0.497 e. The first kappa shape index (κ1) is 31.0. The molecule has 2 N–H and O–H groups in total. The van der Waals surface area contributed by atoms with Gasteiger partial charge in [0.05, 0.1) is 14.2 Å². The molecule has 5 rings (SSSR count). The van der Waals surface area contributed by atoms with Gasteiger partial charge in [-0.15, -0.1) is 0 Å². The van der Waals surface area contributed by atoms with Crippen LogP contribution in [0.15, 0.2) is 95.5 Å². The summed E-state index contributed by atoms with van der Waals surface area (Å²) >= 11 is 0. The minimum absolute atomic E-state index is 0.0487. The van der Waals surface area contributed by atoms with Gasteiger partial charge in [-0.2, -0.15) is 4.98 Å². The summed E-state index contributed by atoms with van der Waals surface area (Å²) in [6.07, 6.45) is 0.115. The number of rotatable bonds is 10. The number of methoxy groups -OCH3 is 2. The third-order valence-electron chi connectivity index (χ3n) is 7.55. The van der Waals surface area contributed by atoms with Crippen LogP contribution in [0.2, 0.25) is 0 Å². The Balaban J connectivity index is 1.24. The van der Waals surface area contributed by atoms with E-state index in [9.17, 15) is 14.7 Å². The molecule has 1 atom stereocenters. The van der Waals surface area contributed by atoms with Crippen molar-refractivity contribution in [1.29, 1.82) is 0 Å². The molecule has 230 valence electrons. The van der Waals surface area contributed by atoms with Gasteiger partial charge in [-0.05, 0) is 58.5 Å². The van der Waals surface area contributed by atoms with Gasteiger partial charge in [0.2, 0.25) is 5.82 Å². The van der Waals surface area contributed by atoms with Crippen molar-refractivity contribution in [2.75, 3.05) is 14.2 Å². The number of carbonyl (C=O) groups excluding carboxylic acids is 1. The van der Waals surface area contributed by atoms with Crippen LogP contribution in [0.25, 0.3) is 34.0 Å². The van der Waals surface area contributed by atoms with E-state index in [4.69, 9.17) is 14.0 Å². The lowest BCUT2D eigenvalue weighted by Gasteiger charge is -2.19. The molecule has 1 heterocycles. The van der Waals surface area contributed by atoms with E-state index in [1.54, 1.807) is 50.6 Å². The quantitative estimate of drug-likeness (QED) is 0.178. The van der Waals surface area contributed by atoms with Crippen molar-refractivity contribution in [1.82, 2.24) is 15.5 Å². The summed E-state index contributed by atoms with van der Waals surface area (Å²) in [5.74, 6) is 0.636. The minimum atomic E-state index is -1.11. The van der Waals surface area contributed by atoms with Crippen molar-refractivity contribution in [2.45, 2.75) is 38.6 Å². The topological polar surface area (TPSA) is 124 Å². The summed E-state index contributed by atoms with van der Waals surface area (Å²) < 4.78 is 16.4. The van der Waals surface area contributed by atoms with Gasteiger partial charge in [0.25, 0.3) is 11.8 Å². The highest BCUT2D eigenvalue weighted by molar-refractivity contribution is 5.96. The molecule has 0 radical (unpaired) electrons. The Bertz CT molecular complexity index is 1790. The fraction of sp³-hybridized carbons (Fsp3) is 0.222. The standard InChI is InChI=1S/C36H35N3O6/c1-36(2,3)27-16-14-25(15-17-27)33(40)37-30(35(41)42)20-22-6-8-24(9-7-22)32-38-34(45-39-32)26-12-10-23(11-13-26)29-19-18-28(43-4)21-31(29)44-5/h6-19,21,30H,20H2,1-5H3,(H,37,40)(H,41,42)/t30-/m0/s1. The highest BCUT2D eigenvalue weighted by Gasteiger charge is 2.22. The Labute approximate surface area is 261 Å². The van der Waals surface area contributed by atoms with Gasteiger partial charge < -0.3 is 24.4 Å². The van der Waals surface area contributed by atoms with Crippen LogP contribution in [0.3, 0.4) is 0 Å². The van der Waals surface area contributed by atoms with Gasteiger partial charge in [0.15, 0.2) is 0 Å². The highest BCUT2D eigenvalue weighted by atomic mass is 16.5. The molecule has 0 saturated carbocycles. The number of carbonyl (C=O) groups is 2. The number of ether oxygens (including phenoxy) is 2. The number of aliphatic carboxylic acids is 1. The maximum Gasteiger partial charge on any atom is 0.326 e. The summed E-state index contributed by atoms with van der Waals surface area (Å²) in [7, 11) is 3.23. The van der Waals surface area contributed by atoms with Crippen molar-refractivity contribution in [3.8, 4) is 45.5 Å². The third-order valence-corrected chi connectivity index (χ3v) is 7.55. The lowest BCUT2D eigenvalue weighted by Crippen LogP contribution is -2.42. The van der Waals surface area contributed by atoms with Gasteiger partial charge >= 0.3 is 5.97 Å². The fourth-order valence-corrected chi connectivity index (χ4v) is 4.88. The van der Waals surface area contributed by atoms with Crippen LogP contribution in [0.5, 0.6) is 11.5 Å². The van der Waals surface area contributed by atoms with Crippen LogP contribution < -0.4 is 14.8 Å². The Kier molecular flexibility index (Phi) is 8.99. The van der Waals surface area contributed by atoms with Gasteiger partial charge in [-0.25, -0.2) is 4.79 Å². The fourth-order valence-electron chi connectivity index (χ4n) is 4.88. The van der Waals surface area contributed by atoms with Crippen LogP contribution >= 0.6 is 0 Å². The molecule has 1 aromatic heterocycles. The second-order valence-corrected chi connectivity index (χ2v) is 11.7. The Morgan fingerprint density at radius 3 is 2.09 bits per heavy atom. The third kappa shape index (κ3) is 7.21. The van der Waals surface area contributed by atoms with Crippen LogP contribution in [0.4, 0.5) is 0 Å². The number of benzene rings is 4. The summed E-state index contributed by atoms with van der Waals surface area (Å²) in [4.78, 5) is 29.3. The summed E-state index contributed by atoms with van der Waals surface area (Å²) in [5.41, 5.74) is 5.55. The second-order valence-electron chi connectivity index (χ2n) is 11.7. The van der Waals surface area contributed by atoms with Crippen LogP contribution in [0, 0.1) is 0 Å². The molecule has 5 aromatic rings. The molecule has 0 aliphatic heterocycles. The molecule has 9 heteroatoms. The van der Waals surface area contributed by atoms with E-state index in [-0.39, 0.29) is 11.8 Å². The van der Waals surface area contributed by atoms with Crippen LogP contribution in [-0.4, -0.2) is 47.4 Å². The average molecular weight is 606 g/mol. The number of carboxylic acids is 1. The van der Waals surface area contributed by atoms with Crippen LogP contribution in [-0.2, 0) is 16.6 Å². The first-order chi connectivity index (χ1) is 21.5. The van der Waals surface area contributed by atoms with E-state index in [1.165, 1.54) is 0 Å². The lowest BCUT2D eigenvalue weighted by molar-refractivity contribution is -0.139. The number of nitrogens with zero attached hydrogens (tertiary/aromatic N) is 2. The molecule has 0 fully saturated rings. The molecule has 4 aromatic carbocycles. The van der Waals surface area contributed by atoms with Gasteiger partial charge in [0, 0.05) is 34.7 Å². The molecule has 0 bridgehead atoms. The zero-order valence-corrected chi connectivity index (χ0v) is 25.8. The first-order valence-corrected chi connectivity index (χ1v) is 14.5. The van der Waals surface area contributed by atoms with E-state index >= 15 is 0 Å². The minimum Gasteiger partial charge on any atom is -0.497 e. The van der Waals surface area contributed by atoms with E-state index < -0.39 is 17.9 Å². The van der Waals surface area contributed by atoms with Crippen molar-refractivity contribution in [2.24, 2.45) is 0 Å². The molecule has 0 aliphatic carbocycles. The molecule has 45 heavy (non-hydrogen) atoms. The Hall–Kier alpha value is -5.44. The van der Waals surface area contributed by atoms with Gasteiger partial charge in [0.1, 0.15) is 17.5 Å². The molecular weight excluding hydrogens is 570 g/mol. The first-order valence-electron chi connectivity index (χ1n) is 14.5. The average Bonchev–Trinajstić information content (AvgIpc) is 3.54. The molecule has 0 aliphatic rings. The van der Waals surface area contributed by atoms with E-state index in [2.05, 4.69) is 36.2 Å². The Morgan fingerprint density at radius 2 is 1.49 bits per heavy atom. The predicted octanol–water partition coefficient (Wildman–Crippen LogP) is 6.81. The number of nitrogens with one attached hydrogen (secondary N) is 1. The SMILES string of the molecule is COc1ccc(-c2ccc(-c3nc(-c4ccc(C[C@H](NC(=O)c5ccc(C(C)(C)C)cc5)C(=O)O)cc4)no3)cc2)c(OC)c1. The van der Waals surface area contributed by atoms with E-state index in [0.717, 1.165) is 27.8 Å². The van der Waals surface area contributed by atoms with Crippen LogP contribution in [0.1, 0.15) is 42.3 Å². The summed E-state index contributed by atoms with van der Waals surface area (Å²) in [6.45, 7) is 6.27. The number of hydrogen-bond acceptors (Lipinski definition) is 7. The van der Waals surface area contributed by atoms with E-state index in [0.29, 0.717) is 34.3 Å². The maximum atomic E-state index is 12.8. The highest BCUT2D eigenvalue weighted by Crippen LogP contribution is 2.34. The second kappa shape index (κ2) is 13.1. The zero-order valence-electron chi connectivity index (χ0n) is 25.8. The zero-order chi connectivity index (χ0) is 32.1. The molecule has 9 nitrogen and oxygen atoms in total. The number of amides is 1. The Morgan fingerprint density at radius 1 is 0.844 bits per heavy atom. The van der Waals surface area contributed by atoms with E-state index in [1.807, 2.05) is 54.6 Å². The predicted molar refractivity (Wildman–Crippen MR) is 171 cm³/mol. The molecule has 0 saturated heterocycles. The monoisotopic (exact) mass is 605 g/mol. The molecule has 1 amide bonds. The van der Waals surface area contributed by atoms with Crippen molar-refractivity contribution >= 4 is 11.9 Å². The molecule has 0 spiro atoms. The van der Waals surface area contributed by atoms with Crippen molar-refractivity contribution < 1.29 is 28.7 Å². The summed E-state index contributed by atoms with van der Waals surface area (Å²) in [6, 6.07) is 26.7. The number of hydrogen-bond donors (Lipinski definition) is 2. The number of carboxylic acid groups (broad SMARTS) is 1. The maximum absolute atomic E-state index is 12.8. The van der Waals surface area contributed by atoms with Gasteiger partial charge in [-0.1, -0.05) is 74.5 Å². The lowest BCUT2D eigenvalue weighted by atomic mass is 9.86. The molecular formula is C36H35N3O6. The summed E-state index contributed by atoms with van der Waals surface area (Å²) in [5, 5.41) is 16.6. The van der Waals surface area contributed by atoms with Crippen molar-refractivity contribution in [3.63, 3.8) is 0 Å². The molecule has 0 unspecified atom stereocenters.